The van der Waals surface area contributed by atoms with E-state index in [2.05, 4.69) is 205 Å². The lowest BCUT2D eigenvalue weighted by Gasteiger charge is -2.42. The topological polar surface area (TPSA) is 34.5 Å². The first kappa shape index (κ1) is 38.5. The molecule has 0 bridgehead atoms. The summed E-state index contributed by atoms with van der Waals surface area (Å²) >= 11 is 1.90. The minimum absolute atomic E-state index is 0.00971. The molecule has 12 aromatic rings. The molecule has 4 nitrogen and oxygen atoms in total. The molecule has 6 heterocycles. The van der Waals surface area contributed by atoms with E-state index in [0.29, 0.717) is 0 Å². The Morgan fingerprint density at radius 1 is 0.485 bits per heavy atom. The average molecular weight is 873 g/mol. The number of furan rings is 2. The van der Waals surface area contributed by atoms with Gasteiger partial charge in [-0.3, -0.25) is 0 Å². The fraction of sp³-hybridized carbons (Fsp3) is 0.200. The summed E-state index contributed by atoms with van der Waals surface area (Å²) in [4.78, 5) is 2.68. The highest BCUT2D eigenvalue weighted by Gasteiger charge is 2.46. The average Bonchev–Trinajstić information content (AvgIpc) is 4.04. The third kappa shape index (κ3) is 5.06. The molecule has 0 spiro atoms. The maximum atomic E-state index is 7.25. The second-order valence-corrected chi connectivity index (χ2v) is 23.2. The monoisotopic (exact) mass is 872 g/mol. The van der Waals surface area contributed by atoms with Crippen molar-refractivity contribution in [3.63, 3.8) is 0 Å². The number of hydrogen-bond donors (Lipinski definition) is 0. The maximum Gasteiger partial charge on any atom is 0.333 e. The Morgan fingerprint density at radius 3 is 1.85 bits per heavy atom. The van der Waals surface area contributed by atoms with Crippen molar-refractivity contribution >= 4 is 126 Å². The van der Waals surface area contributed by atoms with Gasteiger partial charge in [-0.05, 0) is 110 Å². The van der Waals surface area contributed by atoms with Crippen molar-refractivity contribution in [2.45, 2.75) is 78.6 Å². The standard InChI is InChI=1S/C60H49BN2O2S/c1-58(2,3)32-18-22-35(23-19-32)63-45-29-40-39-26-34(60(7,8)9)21-25-50(39)66-51(40)30-42(45)52-53-37-15-11-13-17-48(37)65-57(53)54-41-27-33(59(4,5)6)20-24-44(41)62-46-31-49-38(36-14-10-12-16-47(36)64-49)28-43(46)61(63)55(52)56(54)62/h10-31H,1-9H3. The van der Waals surface area contributed by atoms with Crippen LogP contribution in [0.2, 0.25) is 0 Å². The lowest BCUT2D eigenvalue weighted by Crippen LogP contribution is -2.60. The van der Waals surface area contributed by atoms with E-state index < -0.39 is 0 Å². The van der Waals surface area contributed by atoms with E-state index in [1.54, 1.807) is 0 Å². The van der Waals surface area contributed by atoms with Crippen LogP contribution in [0.25, 0.3) is 103 Å². The summed E-state index contributed by atoms with van der Waals surface area (Å²) in [6.07, 6.45) is 0. The molecular formula is C60H49BN2O2S. The second-order valence-electron chi connectivity index (χ2n) is 22.1. The number of fused-ring (bicyclic) bond motifs is 19. The molecular weight excluding hydrogens is 824 g/mol. The molecule has 0 unspecified atom stereocenters. The first-order valence-electron chi connectivity index (χ1n) is 23.4. The molecule has 66 heavy (non-hydrogen) atoms. The van der Waals surface area contributed by atoms with E-state index in [1.165, 1.54) is 97.5 Å². The molecule has 4 aromatic heterocycles. The Morgan fingerprint density at radius 2 is 1.12 bits per heavy atom. The van der Waals surface area contributed by atoms with Crippen LogP contribution in [0.5, 0.6) is 0 Å². The third-order valence-corrected chi connectivity index (χ3v) is 16.2. The van der Waals surface area contributed by atoms with Crippen LogP contribution in [-0.2, 0) is 16.2 Å². The molecule has 0 radical (unpaired) electrons. The minimum Gasteiger partial charge on any atom is -0.456 e. The van der Waals surface area contributed by atoms with E-state index in [9.17, 15) is 0 Å². The summed E-state index contributed by atoms with van der Waals surface area (Å²) in [5.74, 6) is 0. The van der Waals surface area contributed by atoms with Crippen LogP contribution in [0.4, 0.5) is 11.4 Å². The molecule has 6 heteroatoms. The smallest absolute Gasteiger partial charge is 0.333 e. The van der Waals surface area contributed by atoms with Crippen LogP contribution in [0, 0.1) is 0 Å². The molecule has 320 valence electrons. The summed E-state index contributed by atoms with van der Waals surface area (Å²) in [6.45, 7) is 20.6. The SMILES string of the molecule is CC(C)(C)c1ccc(N2B3c4cc5c(cc4-n4c6ccc(C(C)(C)C)cc6c6c7oc8ccccc8c7c(c3c64)-c3cc4sc6ccc(C(C)(C)C)cc6c4cc32)oc2ccccc25)cc1. The van der Waals surface area contributed by atoms with Gasteiger partial charge < -0.3 is 18.2 Å². The van der Waals surface area contributed by atoms with Gasteiger partial charge in [0, 0.05) is 75.8 Å². The lowest BCUT2D eigenvalue weighted by atomic mass is 9.43. The lowest BCUT2D eigenvalue weighted by molar-refractivity contribution is 0.590. The largest absolute Gasteiger partial charge is 0.456 e. The van der Waals surface area contributed by atoms with E-state index in [0.717, 1.165) is 44.2 Å². The summed E-state index contributed by atoms with van der Waals surface area (Å²) in [5, 5.41) is 9.60. The zero-order valence-electron chi connectivity index (χ0n) is 38.9. The number of aromatic nitrogens is 1. The molecule has 0 fully saturated rings. The molecule has 2 aliphatic rings. The van der Waals surface area contributed by atoms with Crippen molar-refractivity contribution in [1.29, 1.82) is 0 Å². The van der Waals surface area contributed by atoms with Gasteiger partial charge in [0.05, 0.1) is 16.4 Å². The van der Waals surface area contributed by atoms with Gasteiger partial charge in [-0.25, -0.2) is 0 Å². The predicted octanol–water partition coefficient (Wildman–Crippen LogP) is 16.1. The molecule has 0 amide bonds. The van der Waals surface area contributed by atoms with Crippen molar-refractivity contribution in [3.05, 3.63) is 150 Å². The van der Waals surface area contributed by atoms with E-state index in [-0.39, 0.29) is 23.1 Å². The zero-order valence-corrected chi connectivity index (χ0v) is 39.7. The number of nitrogens with zero attached hydrogens (tertiary/aromatic N) is 2. The normalized spacial score (nSPS) is 14.1. The fourth-order valence-corrected chi connectivity index (χ4v) is 12.7. The molecule has 2 aliphatic heterocycles. The molecule has 8 aromatic carbocycles. The molecule has 0 saturated carbocycles. The highest BCUT2D eigenvalue weighted by Crippen LogP contribution is 2.54. The summed E-state index contributed by atoms with van der Waals surface area (Å²) in [5.41, 5.74) is 18.6. The van der Waals surface area contributed by atoms with E-state index in [4.69, 9.17) is 8.83 Å². The van der Waals surface area contributed by atoms with Crippen molar-refractivity contribution in [3.8, 4) is 16.8 Å². The first-order valence-corrected chi connectivity index (χ1v) is 24.3. The molecule has 0 aliphatic carbocycles. The van der Waals surface area contributed by atoms with Crippen molar-refractivity contribution in [1.82, 2.24) is 4.57 Å². The molecule has 0 atom stereocenters. The predicted molar refractivity (Wildman–Crippen MR) is 283 cm³/mol. The Hall–Kier alpha value is -6.76. The van der Waals surface area contributed by atoms with Crippen LogP contribution >= 0.6 is 11.3 Å². The Bertz CT molecular complexity index is 4120. The number of hydrogen-bond acceptors (Lipinski definition) is 4. The minimum atomic E-state index is -0.187. The molecule has 0 saturated heterocycles. The summed E-state index contributed by atoms with van der Waals surface area (Å²) < 4.78 is 19.2. The van der Waals surface area contributed by atoms with Crippen LogP contribution in [0.1, 0.15) is 79.0 Å². The molecule has 14 rings (SSSR count). The molecule has 0 N–H and O–H groups in total. The first-order chi connectivity index (χ1) is 31.6. The van der Waals surface area contributed by atoms with Gasteiger partial charge >= 0.3 is 6.85 Å². The fourth-order valence-electron chi connectivity index (χ4n) is 11.6. The highest BCUT2D eigenvalue weighted by atomic mass is 32.1. The van der Waals surface area contributed by atoms with Crippen LogP contribution in [0.3, 0.4) is 0 Å². The summed E-state index contributed by atoms with van der Waals surface area (Å²) in [6, 6.07) is 50.7. The Labute approximate surface area is 388 Å². The quantitative estimate of drug-likeness (QED) is 0.154. The van der Waals surface area contributed by atoms with Crippen LogP contribution < -0.4 is 15.7 Å². The van der Waals surface area contributed by atoms with Crippen molar-refractivity contribution in [2.24, 2.45) is 0 Å². The van der Waals surface area contributed by atoms with E-state index >= 15 is 0 Å². The highest BCUT2D eigenvalue weighted by molar-refractivity contribution is 7.25. The number of rotatable bonds is 1. The maximum absolute atomic E-state index is 7.25. The van der Waals surface area contributed by atoms with E-state index in [1.807, 2.05) is 11.3 Å². The van der Waals surface area contributed by atoms with Gasteiger partial charge in [-0.1, -0.05) is 129 Å². The van der Waals surface area contributed by atoms with Crippen LogP contribution in [0.15, 0.2) is 142 Å². The number of thiophene rings is 1. The number of para-hydroxylation sites is 2. The number of anilines is 2. The van der Waals surface area contributed by atoms with Gasteiger partial charge in [0.1, 0.15) is 22.3 Å². The zero-order chi connectivity index (χ0) is 44.9. The van der Waals surface area contributed by atoms with Gasteiger partial charge in [-0.15, -0.1) is 11.3 Å². The second kappa shape index (κ2) is 12.6. The van der Waals surface area contributed by atoms with Crippen LogP contribution in [-0.4, -0.2) is 11.4 Å². The van der Waals surface area contributed by atoms with Gasteiger partial charge in [0.25, 0.3) is 0 Å². The Kier molecular flexibility index (Phi) is 7.33. The van der Waals surface area contributed by atoms with Crippen molar-refractivity contribution in [2.75, 3.05) is 4.81 Å². The van der Waals surface area contributed by atoms with Crippen molar-refractivity contribution < 1.29 is 8.83 Å². The summed E-state index contributed by atoms with van der Waals surface area (Å²) in [7, 11) is 0. The van der Waals surface area contributed by atoms with Gasteiger partial charge in [0.2, 0.25) is 0 Å². The third-order valence-electron chi connectivity index (χ3n) is 15.0. The van der Waals surface area contributed by atoms with Gasteiger partial charge in [0.15, 0.2) is 0 Å². The van der Waals surface area contributed by atoms with Gasteiger partial charge in [-0.2, -0.15) is 0 Å². The number of benzene rings is 8. The Balaban J connectivity index is 1.23.